The van der Waals surface area contributed by atoms with Crippen molar-refractivity contribution in [2.45, 2.75) is 44.1 Å². The smallest absolute Gasteiger partial charge is 0.319 e. The molecule has 2 amide bonds. The Hall–Kier alpha value is -2.35. The standard InChI is InChI=1S/C16H20ClN3O5/c1-25-14(21)10-16(7-3-2-4-8-16)19-15(22)18-13-6-5-11(20(23)24)9-12(13)17/h5-6,9H,2-4,7-8,10H2,1H3,(H2,18,19,22). The molecule has 1 aliphatic rings. The average Bonchev–Trinajstić information content (AvgIpc) is 2.57. The number of halogens is 1. The maximum absolute atomic E-state index is 12.4. The van der Waals surface area contributed by atoms with E-state index in [1.165, 1.54) is 25.3 Å². The summed E-state index contributed by atoms with van der Waals surface area (Å²) in [4.78, 5) is 34.2. The van der Waals surface area contributed by atoms with Gasteiger partial charge in [-0.1, -0.05) is 30.9 Å². The number of amides is 2. The molecule has 1 aliphatic carbocycles. The largest absolute Gasteiger partial charge is 0.469 e. The molecule has 0 aromatic heterocycles. The minimum Gasteiger partial charge on any atom is -0.469 e. The van der Waals surface area contributed by atoms with Gasteiger partial charge < -0.3 is 15.4 Å². The third-order valence-corrected chi connectivity index (χ3v) is 4.62. The van der Waals surface area contributed by atoms with Crippen LogP contribution in [0.2, 0.25) is 5.02 Å². The second kappa shape index (κ2) is 8.15. The van der Waals surface area contributed by atoms with Crippen LogP contribution in [0.5, 0.6) is 0 Å². The van der Waals surface area contributed by atoms with E-state index in [1.807, 2.05) is 0 Å². The van der Waals surface area contributed by atoms with Crippen molar-refractivity contribution >= 4 is 35.0 Å². The summed E-state index contributed by atoms with van der Waals surface area (Å²) in [5.41, 5.74) is -0.554. The molecule has 25 heavy (non-hydrogen) atoms. The summed E-state index contributed by atoms with van der Waals surface area (Å²) in [6.07, 6.45) is 4.35. The predicted molar refractivity (Wildman–Crippen MR) is 92.7 cm³/mol. The molecule has 9 heteroatoms. The summed E-state index contributed by atoms with van der Waals surface area (Å²) in [6, 6.07) is 3.28. The number of nitrogens with one attached hydrogen (secondary N) is 2. The van der Waals surface area contributed by atoms with Crippen molar-refractivity contribution in [1.29, 1.82) is 0 Å². The number of benzene rings is 1. The number of rotatable bonds is 5. The van der Waals surface area contributed by atoms with Crippen LogP contribution in [0, 0.1) is 10.1 Å². The van der Waals surface area contributed by atoms with Crippen LogP contribution in [0.4, 0.5) is 16.2 Å². The zero-order valence-electron chi connectivity index (χ0n) is 13.8. The summed E-state index contributed by atoms with van der Waals surface area (Å²) < 4.78 is 4.74. The summed E-state index contributed by atoms with van der Waals surface area (Å²) >= 11 is 5.98. The van der Waals surface area contributed by atoms with Crippen molar-refractivity contribution in [3.63, 3.8) is 0 Å². The lowest BCUT2D eigenvalue weighted by molar-refractivity contribution is -0.384. The van der Waals surface area contributed by atoms with Gasteiger partial charge in [0.15, 0.2) is 0 Å². The van der Waals surface area contributed by atoms with E-state index in [1.54, 1.807) is 0 Å². The highest BCUT2D eigenvalue weighted by atomic mass is 35.5. The third kappa shape index (κ3) is 5.06. The topological polar surface area (TPSA) is 111 Å². The lowest BCUT2D eigenvalue weighted by atomic mass is 9.79. The van der Waals surface area contributed by atoms with E-state index in [-0.39, 0.29) is 28.8 Å². The Balaban J connectivity index is 2.08. The minimum atomic E-state index is -0.650. The molecule has 2 N–H and O–H groups in total. The van der Waals surface area contributed by atoms with E-state index in [9.17, 15) is 19.7 Å². The van der Waals surface area contributed by atoms with Gasteiger partial charge in [0.25, 0.3) is 5.69 Å². The summed E-state index contributed by atoms with van der Waals surface area (Å²) in [5, 5.41) is 16.2. The highest BCUT2D eigenvalue weighted by molar-refractivity contribution is 6.33. The Morgan fingerprint density at radius 3 is 2.56 bits per heavy atom. The molecule has 0 aliphatic heterocycles. The van der Waals surface area contributed by atoms with Gasteiger partial charge in [-0.2, -0.15) is 0 Å². The highest BCUT2D eigenvalue weighted by Gasteiger charge is 2.36. The first-order chi connectivity index (χ1) is 11.8. The summed E-state index contributed by atoms with van der Waals surface area (Å²) in [6.45, 7) is 0. The number of hydrogen-bond donors (Lipinski definition) is 2. The lowest BCUT2D eigenvalue weighted by Crippen LogP contribution is -2.52. The third-order valence-electron chi connectivity index (χ3n) is 4.31. The zero-order chi connectivity index (χ0) is 18.4. The van der Waals surface area contributed by atoms with Gasteiger partial charge in [-0.15, -0.1) is 0 Å². The van der Waals surface area contributed by atoms with Gasteiger partial charge in [-0.3, -0.25) is 14.9 Å². The number of urea groups is 1. The van der Waals surface area contributed by atoms with E-state index in [0.717, 1.165) is 19.3 Å². The van der Waals surface area contributed by atoms with Gasteiger partial charge in [0.1, 0.15) is 0 Å². The molecule has 0 atom stereocenters. The molecule has 1 aromatic rings. The molecule has 136 valence electrons. The molecule has 8 nitrogen and oxygen atoms in total. The first-order valence-electron chi connectivity index (χ1n) is 7.95. The van der Waals surface area contributed by atoms with Crippen molar-refractivity contribution in [3.05, 3.63) is 33.3 Å². The molecular formula is C16H20ClN3O5. The van der Waals surface area contributed by atoms with Gasteiger partial charge in [-0.05, 0) is 18.9 Å². The predicted octanol–water partition coefficient (Wildman–Crippen LogP) is 3.64. The Morgan fingerprint density at radius 2 is 2.00 bits per heavy atom. The van der Waals surface area contributed by atoms with Crippen molar-refractivity contribution in [3.8, 4) is 0 Å². The highest BCUT2D eigenvalue weighted by Crippen LogP contribution is 2.32. The second-order valence-electron chi connectivity index (χ2n) is 6.09. The Bertz CT molecular complexity index is 674. The first kappa shape index (κ1) is 19.0. The molecule has 0 bridgehead atoms. The molecule has 0 radical (unpaired) electrons. The molecule has 2 rings (SSSR count). The number of nitro groups is 1. The molecule has 0 spiro atoms. The van der Waals surface area contributed by atoms with E-state index >= 15 is 0 Å². The molecule has 0 heterocycles. The van der Waals surface area contributed by atoms with Gasteiger partial charge in [0.05, 0.1) is 34.7 Å². The lowest BCUT2D eigenvalue weighted by Gasteiger charge is -2.37. The van der Waals surface area contributed by atoms with Crippen LogP contribution in [0.25, 0.3) is 0 Å². The van der Waals surface area contributed by atoms with Crippen molar-refractivity contribution in [1.82, 2.24) is 5.32 Å². The number of non-ortho nitro benzene ring substituents is 1. The Labute approximate surface area is 150 Å². The minimum absolute atomic E-state index is 0.0648. The molecule has 0 saturated heterocycles. The quantitative estimate of drug-likeness (QED) is 0.467. The number of hydrogen-bond acceptors (Lipinski definition) is 5. The number of nitro benzene ring substituents is 1. The van der Waals surface area contributed by atoms with Crippen LogP contribution >= 0.6 is 11.6 Å². The fraction of sp³-hybridized carbons (Fsp3) is 0.500. The van der Waals surface area contributed by atoms with Crippen LogP contribution in [-0.2, 0) is 9.53 Å². The van der Waals surface area contributed by atoms with Crippen molar-refractivity contribution in [2.24, 2.45) is 0 Å². The van der Waals surface area contributed by atoms with Crippen molar-refractivity contribution < 1.29 is 19.2 Å². The van der Waals surface area contributed by atoms with E-state index in [0.29, 0.717) is 12.8 Å². The van der Waals surface area contributed by atoms with Crippen LogP contribution < -0.4 is 10.6 Å². The number of esters is 1. The van der Waals surface area contributed by atoms with E-state index in [2.05, 4.69) is 10.6 Å². The van der Waals surface area contributed by atoms with E-state index in [4.69, 9.17) is 16.3 Å². The molecule has 1 aromatic carbocycles. The van der Waals surface area contributed by atoms with Crippen LogP contribution in [0.15, 0.2) is 18.2 Å². The molecule has 1 fully saturated rings. The maximum atomic E-state index is 12.4. The van der Waals surface area contributed by atoms with Crippen LogP contribution in [0.3, 0.4) is 0 Å². The molecule has 0 unspecified atom stereocenters. The number of carbonyl (C=O) groups is 2. The van der Waals surface area contributed by atoms with Gasteiger partial charge in [0.2, 0.25) is 0 Å². The number of methoxy groups -OCH3 is 1. The second-order valence-corrected chi connectivity index (χ2v) is 6.50. The summed E-state index contributed by atoms with van der Waals surface area (Å²) in [7, 11) is 1.32. The molecule has 1 saturated carbocycles. The number of ether oxygens (including phenoxy) is 1. The van der Waals surface area contributed by atoms with Crippen LogP contribution in [-0.4, -0.2) is 29.6 Å². The molecular weight excluding hydrogens is 350 g/mol. The first-order valence-corrected chi connectivity index (χ1v) is 8.33. The van der Waals surface area contributed by atoms with Gasteiger partial charge in [0, 0.05) is 12.1 Å². The SMILES string of the molecule is COC(=O)CC1(NC(=O)Nc2ccc([N+](=O)[O-])cc2Cl)CCCCC1. The number of nitrogens with zero attached hydrogens (tertiary/aromatic N) is 1. The fourth-order valence-corrected chi connectivity index (χ4v) is 3.26. The Morgan fingerprint density at radius 1 is 1.32 bits per heavy atom. The maximum Gasteiger partial charge on any atom is 0.319 e. The zero-order valence-corrected chi connectivity index (χ0v) is 14.6. The average molecular weight is 370 g/mol. The van der Waals surface area contributed by atoms with Crippen LogP contribution in [0.1, 0.15) is 38.5 Å². The summed E-state index contributed by atoms with van der Waals surface area (Å²) in [5.74, 6) is -0.379. The monoisotopic (exact) mass is 369 g/mol. The van der Waals surface area contributed by atoms with Crippen molar-refractivity contribution in [2.75, 3.05) is 12.4 Å². The normalized spacial score (nSPS) is 15.9. The van der Waals surface area contributed by atoms with E-state index < -0.39 is 16.5 Å². The Kier molecular flexibility index (Phi) is 6.19. The fourth-order valence-electron chi connectivity index (χ4n) is 3.04. The van der Waals surface area contributed by atoms with Gasteiger partial charge >= 0.3 is 12.0 Å². The van der Waals surface area contributed by atoms with Gasteiger partial charge in [-0.25, -0.2) is 4.79 Å². The number of carbonyl (C=O) groups excluding carboxylic acids is 2. The number of anilines is 1.